The van der Waals surface area contributed by atoms with Crippen LogP contribution in [0, 0.1) is 0 Å². The SMILES string of the molecule is O=C(c1sc2ccccc2c1Cl)N1CCC(n2nc(-c3ccccc3)cc2-c2ccccc2)CC1. The van der Waals surface area contributed by atoms with Crippen molar-refractivity contribution in [2.24, 2.45) is 0 Å². The molecule has 0 unspecified atom stereocenters. The van der Waals surface area contributed by atoms with E-state index >= 15 is 0 Å². The Bertz CT molecular complexity index is 1480. The number of hydrogen-bond acceptors (Lipinski definition) is 3. The Hall–Kier alpha value is -3.41. The first-order valence-electron chi connectivity index (χ1n) is 11.9. The van der Waals surface area contributed by atoms with Gasteiger partial charge in [-0.2, -0.15) is 5.10 Å². The summed E-state index contributed by atoms with van der Waals surface area (Å²) < 4.78 is 3.22. The number of carbonyl (C=O) groups excluding carboxylic acids is 1. The van der Waals surface area contributed by atoms with Crippen LogP contribution in [0.2, 0.25) is 5.02 Å². The highest BCUT2D eigenvalue weighted by molar-refractivity contribution is 7.21. The first kappa shape index (κ1) is 22.1. The van der Waals surface area contributed by atoms with Gasteiger partial charge in [0.05, 0.1) is 22.5 Å². The molecule has 0 aliphatic carbocycles. The maximum atomic E-state index is 13.3. The summed E-state index contributed by atoms with van der Waals surface area (Å²) in [6, 6.07) is 31.0. The monoisotopic (exact) mass is 497 g/mol. The summed E-state index contributed by atoms with van der Waals surface area (Å²) in [6.45, 7) is 1.37. The van der Waals surface area contributed by atoms with E-state index in [0.717, 1.165) is 45.4 Å². The number of hydrogen-bond donors (Lipinski definition) is 0. The van der Waals surface area contributed by atoms with E-state index < -0.39 is 0 Å². The lowest BCUT2D eigenvalue weighted by Crippen LogP contribution is -2.39. The lowest BCUT2D eigenvalue weighted by atomic mass is 10.0. The number of fused-ring (bicyclic) bond motifs is 1. The number of thiophene rings is 1. The van der Waals surface area contributed by atoms with Crippen molar-refractivity contribution in [1.29, 1.82) is 0 Å². The molecule has 0 bridgehead atoms. The van der Waals surface area contributed by atoms with Crippen LogP contribution in [0.5, 0.6) is 0 Å². The molecule has 35 heavy (non-hydrogen) atoms. The molecule has 0 radical (unpaired) electrons. The molecule has 0 spiro atoms. The van der Waals surface area contributed by atoms with Gasteiger partial charge in [0, 0.05) is 28.7 Å². The van der Waals surface area contributed by atoms with E-state index in [1.165, 1.54) is 11.3 Å². The van der Waals surface area contributed by atoms with Crippen LogP contribution in [0.4, 0.5) is 0 Å². The fourth-order valence-electron chi connectivity index (χ4n) is 4.86. The third kappa shape index (κ3) is 4.15. The fourth-order valence-corrected chi connectivity index (χ4v) is 6.34. The predicted octanol–water partition coefficient (Wildman–Crippen LogP) is 7.56. The first-order chi connectivity index (χ1) is 17.2. The summed E-state index contributed by atoms with van der Waals surface area (Å²) in [5.74, 6) is 0.0309. The molecule has 0 N–H and O–H groups in total. The molecule has 3 heterocycles. The van der Waals surface area contributed by atoms with Gasteiger partial charge in [-0.1, -0.05) is 90.5 Å². The molecular weight excluding hydrogens is 474 g/mol. The predicted molar refractivity (Wildman–Crippen MR) is 144 cm³/mol. The summed E-state index contributed by atoms with van der Waals surface area (Å²) in [4.78, 5) is 15.9. The fraction of sp³-hybridized carbons (Fsp3) is 0.172. The van der Waals surface area contributed by atoms with Gasteiger partial charge < -0.3 is 4.90 Å². The number of amides is 1. The van der Waals surface area contributed by atoms with E-state index in [4.69, 9.17) is 16.7 Å². The molecule has 1 aliphatic heterocycles. The number of benzene rings is 3. The second kappa shape index (κ2) is 9.33. The highest BCUT2D eigenvalue weighted by Gasteiger charge is 2.29. The zero-order chi connectivity index (χ0) is 23.8. The van der Waals surface area contributed by atoms with Crippen molar-refractivity contribution in [2.75, 3.05) is 13.1 Å². The first-order valence-corrected chi connectivity index (χ1v) is 13.0. The number of nitrogens with zero attached hydrogens (tertiary/aromatic N) is 3. The van der Waals surface area contributed by atoms with Gasteiger partial charge in [0.2, 0.25) is 0 Å². The molecule has 1 aliphatic rings. The molecule has 5 aromatic rings. The molecule has 6 heteroatoms. The Labute approximate surface area is 213 Å². The van der Waals surface area contributed by atoms with Crippen molar-refractivity contribution in [3.05, 3.63) is 101 Å². The van der Waals surface area contributed by atoms with Crippen molar-refractivity contribution >= 4 is 38.9 Å². The standard InChI is InChI=1S/C29H24ClN3OS/c30-27-23-13-7-8-14-26(23)35-28(27)29(34)32-17-15-22(16-18-32)33-25(21-11-5-2-6-12-21)19-24(31-33)20-9-3-1-4-10-20/h1-14,19,22H,15-18H2. The maximum absolute atomic E-state index is 13.3. The third-order valence-corrected chi connectivity index (χ3v) is 8.36. The van der Waals surface area contributed by atoms with Crippen molar-refractivity contribution < 1.29 is 4.79 Å². The summed E-state index contributed by atoms with van der Waals surface area (Å²) in [5, 5.41) is 6.57. The van der Waals surface area contributed by atoms with Crippen LogP contribution >= 0.6 is 22.9 Å². The van der Waals surface area contributed by atoms with E-state index in [0.29, 0.717) is 23.0 Å². The van der Waals surface area contributed by atoms with Gasteiger partial charge in [-0.3, -0.25) is 9.48 Å². The summed E-state index contributed by atoms with van der Waals surface area (Å²) in [7, 11) is 0. The molecule has 4 nitrogen and oxygen atoms in total. The summed E-state index contributed by atoms with van der Waals surface area (Å²) in [5.41, 5.74) is 4.34. The Morgan fingerprint density at radius 1 is 0.857 bits per heavy atom. The van der Waals surface area contributed by atoms with Crippen LogP contribution in [0.3, 0.4) is 0 Å². The van der Waals surface area contributed by atoms with Gasteiger partial charge in [-0.15, -0.1) is 11.3 Å². The van der Waals surface area contributed by atoms with Crippen LogP contribution in [0.1, 0.15) is 28.6 Å². The van der Waals surface area contributed by atoms with E-state index in [-0.39, 0.29) is 11.9 Å². The third-order valence-electron chi connectivity index (χ3n) is 6.70. The molecule has 0 saturated carbocycles. The number of likely N-dealkylation sites (tertiary alicyclic amines) is 1. The quantitative estimate of drug-likeness (QED) is 0.257. The molecular formula is C29H24ClN3OS. The van der Waals surface area contributed by atoms with Gasteiger partial charge in [0.25, 0.3) is 5.91 Å². The van der Waals surface area contributed by atoms with Crippen molar-refractivity contribution in [3.63, 3.8) is 0 Å². The van der Waals surface area contributed by atoms with Crippen molar-refractivity contribution in [2.45, 2.75) is 18.9 Å². The Kier molecular flexibility index (Phi) is 5.88. The topological polar surface area (TPSA) is 38.1 Å². The summed E-state index contributed by atoms with van der Waals surface area (Å²) >= 11 is 8.08. The lowest BCUT2D eigenvalue weighted by molar-refractivity contribution is 0.0696. The minimum atomic E-state index is 0.0309. The maximum Gasteiger partial charge on any atom is 0.265 e. The molecule has 2 aromatic heterocycles. The Balaban J connectivity index is 1.26. The van der Waals surface area contributed by atoms with Gasteiger partial charge in [-0.05, 0) is 30.5 Å². The second-order valence-electron chi connectivity index (χ2n) is 8.86. The normalized spacial score (nSPS) is 14.5. The zero-order valence-corrected chi connectivity index (χ0v) is 20.7. The van der Waals surface area contributed by atoms with Crippen LogP contribution in [-0.4, -0.2) is 33.7 Å². The Morgan fingerprint density at radius 2 is 1.49 bits per heavy atom. The number of carbonyl (C=O) groups is 1. The largest absolute Gasteiger partial charge is 0.338 e. The van der Waals surface area contributed by atoms with E-state index in [1.54, 1.807) is 0 Å². The minimum Gasteiger partial charge on any atom is -0.338 e. The smallest absolute Gasteiger partial charge is 0.265 e. The number of rotatable bonds is 4. The van der Waals surface area contributed by atoms with Crippen LogP contribution in [0.15, 0.2) is 91.0 Å². The number of halogens is 1. The molecule has 0 atom stereocenters. The van der Waals surface area contributed by atoms with Gasteiger partial charge in [0.1, 0.15) is 4.88 Å². The van der Waals surface area contributed by atoms with Crippen LogP contribution in [0.25, 0.3) is 32.6 Å². The van der Waals surface area contributed by atoms with Crippen molar-refractivity contribution in [3.8, 4) is 22.5 Å². The molecule has 1 saturated heterocycles. The number of aromatic nitrogens is 2. The molecule has 6 rings (SSSR count). The van der Waals surface area contributed by atoms with Crippen molar-refractivity contribution in [1.82, 2.24) is 14.7 Å². The lowest BCUT2D eigenvalue weighted by Gasteiger charge is -2.32. The molecule has 1 fully saturated rings. The van der Waals surface area contributed by atoms with E-state index in [1.807, 2.05) is 53.4 Å². The highest BCUT2D eigenvalue weighted by Crippen LogP contribution is 2.37. The van der Waals surface area contributed by atoms with Crippen LogP contribution < -0.4 is 0 Å². The average Bonchev–Trinajstić information content (AvgIpc) is 3.52. The zero-order valence-electron chi connectivity index (χ0n) is 19.1. The van der Waals surface area contributed by atoms with Gasteiger partial charge >= 0.3 is 0 Å². The minimum absolute atomic E-state index is 0.0309. The van der Waals surface area contributed by atoms with E-state index in [2.05, 4.69) is 47.1 Å². The molecule has 3 aromatic carbocycles. The average molecular weight is 498 g/mol. The Morgan fingerprint density at radius 3 is 2.17 bits per heavy atom. The molecule has 1 amide bonds. The molecule has 174 valence electrons. The van der Waals surface area contributed by atoms with Crippen LogP contribution in [-0.2, 0) is 0 Å². The summed E-state index contributed by atoms with van der Waals surface area (Å²) in [6.07, 6.45) is 1.70. The second-order valence-corrected chi connectivity index (χ2v) is 10.3. The number of piperidine rings is 1. The van der Waals surface area contributed by atoms with Gasteiger partial charge in [-0.25, -0.2) is 0 Å². The van der Waals surface area contributed by atoms with E-state index in [9.17, 15) is 4.79 Å². The highest BCUT2D eigenvalue weighted by atomic mass is 35.5. The van der Waals surface area contributed by atoms with Gasteiger partial charge in [0.15, 0.2) is 0 Å².